The molecule has 8 nitrogen and oxygen atoms in total. The van der Waals surface area contributed by atoms with Crippen molar-refractivity contribution in [2.24, 2.45) is 10.6 Å². The number of pyridine rings is 1. The lowest BCUT2D eigenvalue weighted by atomic mass is 9.84. The quantitative estimate of drug-likeness (QED) is 0.764. The highest BCUT2D eigenvalue weighted by Gasteiger charge is 2.47. The van der Waals surface area contributed by atoms with E-state index in [9.17, 15) is 19.6 Å². The van der Waals surface area contributed by atoms with E-state index < -0.39 is 11.3 Å². The average molecular weight is 384 g/mol. The molecule has 1 amide bonds. The third-order valence-corrected chi connectivity index (χ3v) is 5.79. The van der Waals surface area contributed by atoms with E-state index >= 15 is 0 Å². The Morgan fingerprint density at radius 2 is 2.11 bits per heavy atom. The molecule has 2 aliphatic rings. The van der Waals surface area contributed by atoms with Crippen molar-refractivity contribution in [2.75, 3.05) is 13.2 Å². The molecule has 1 aromatic heterocycles. The molecular weight excluding hydrogens is 364 g/mol. The molecule has 1 saturated carbocycles. The van der Waals surface area contributed by atoms with Gasteiger partial charge in [-0.2, -0.15) is 0 Å². The molecule has 1 aliphatic heterocycles. The second-order valence-corrected chi connectivity index (χ2v) is 7.66. The summed E-state index contributed by atoms with van der Waals surface area (Å²) in [6, 6.07) is 4.57. The van der Waals surface area contributed by atoms with E-state index in [4.69, 9.17) is 9.84 Å². The molecule has 1 atom stereocenters. The SMILES string of the molecule is CC1(C2Cc3cc(OCCO)c(O)cc3-c3cc(=O)c(C(=O)N=O)cn32)CC1. The summed E-state index contributed by atoms with van der Waals surface area (Å²) in [5.41, 5.74) is 1.35. The molecule has 1 aromatic carbocycles. The number of hydrogen-bond acceptors (Lipinski definition) is 6. The highest BCUT2D eigenvalue weighted by molar-refractivity contribution is 5.94. The van der Waals surface area contributed by atoms with Gasteiger partial charge in [-0.25, -0.2) is 0 Å². The average Bonchev–Trinajstić information content (AvgIpc) is 3.43. The van der Waals surface area contributed by atoms with Gasteiger partial charge in [-0.3, -0.25) is 9.59 Å². The Hall–Kier alpha value is -3.00. The number of rotatable bonds is 5. The number of nitrogens with zero attached hydrogens (tertiary/aromatic N) is 2. The smallest absolute Gasteiger partial charge is 0.322 e. The van der Waals surface area contributed by atoms with Crippen LogP contribution in [0, 0.1) is 10.3 Å². The number of carbonyl (C=O) groups is 1. The van der Waals surface area contributed by atoms with Crippen molar-refractivity contribution in [1.82, 2.24) is 4.57 Å². The minimum absolute atomic E-state index is 0.0102. The fraction of sp³-hybridized carbons (Fsp3) is 0.400. The first-order valence-electron chi connectivity index (χ1n) is 9.12. The Bertz CT molecular complexity index is 1040. The first-order chi connectivity index (χ1) is 13.4. The van der Waals surface area contributed by atoms with Crippen LogP contribution in [-0.4, -0.2) is 33.9 Å². The molecule has 28 heavy (non-hydrogen) atoms. The van der Waals surface area contributed by atoms with Crippen molar-refractivity contribution in [3.63, 3.8) is 0 Å². The molecule has 4 rings (SSSR count). The van der Waals surface area contributed by atoms with Crippen LogP contribution in [0.15, 0.2) is 34.4 Å². The first-order valence-corrected chi connectivity index (χ1v) is 9.12. The molecular formula is C20H20N2O6. The van der Waals surface area contributed by atoms with E-state index in [0.29, 0.717) is 17.7 Å². The standard InChI is InChI=1S/C20H20N2O6/c1-20(2-3-20)18-7-11-6-17(28-5-4-23)16(25)8-12(11)14-9-15(24)13(10-22(14)18)19(26)21-27/h6,8-10,18,23,25H,2-5,7H2,1H3. The molecule has 8 heteroatoms. The van der Waals surface area contributed by atoms with E-state index in [0.717, 1.165) is 18.4 Å². The van der Waals surface area contributed by atoms with Gasteiger partial charge in [-0.1, -0.05) is 6.92 Å². The van der Waals surface area contributed by atoms with Crippen molar-refractivity contribution in [3.8, 4) is 22.8 Å². The van der Waals surface area contributed by atoms with E-state index in [-0.39, 0.29) is 41.7 Å². The van der Waals surface area contributed by atoms with Gasteiger partial charge in [0.05, 0.1) is 12.3 Å². The van der Waals surface area contributed by atoms with Crippen molar-refractivity contribution in [3.05, 3.63) is 50.7 Å². The Morgan fingerprint density at radius 3 is 2.75 bits per heavy atom. The Labute approximate surface area is 160 Å². The zero-order valence-corrected chi connectivity index (χ0v) is 15.3. The number of amides is 1. The zero-order valence-electron chi connectivity index (χ0n) is 15.3. The maximum atomic E-state index is 12.4. The molecule has 0 spiro atoms. The van der Waals surface area contributed by atoms with Crippen molar-refractivity contribution in [1.29, 1.82) is 0 Å². The van der Waals surface area contributed by atoms with Gasteiger partial charge >= 0.3 is 5.91 Å². The van der Waals surface area contributed by atoms with Gasteiger partial charge in [0.2, 0.25) is 0 Å². The van der Waals surface area contributed by atoms with Crippen molar-refractivity contribution in [2.45, 2.75) is 32.2 Å². The predicted octanol–water partition coefficient (Wildman–Crippen LogP) is 2.40. The van der Waals surface area contributed by atoms with E-state index in [1.165, 1.54) is 18.3 Å². The van der Waals surface area contributed by atoms with Gasteiger partial charge in [-0.15, -0.1) is 4.91 Å². The highest BCUT2D eigenvalue weighted by atomic mass is 16.5. The number of nitroso groups, excluding NO2 is 1. The second kappa shape index (κ2) is 6.56. The molecule has 0 radical (unpaired) electrons. The molecule has 0 bridgehead atoms. The summed E-state index contributed by atoms with van der Waals surface area (Å²) >= 11 is 0. The van der Waals surface area contributed by atoms with Crippen LogP contribution in [0.1, 0.15) is 41.7 Å². The van der Waals surface area contributed by atoms with Crippen LogP contribution in [0.4, 0.5) is 0 Å². The molecule has 1 unspecified atom stereocenters. The number of hydrogen-bond donors (Lipinski definition) is 2. The minimum Gasteiger partial charge on any atom is -0.504 e. The third-order valence-electron chi connectivity index (χ3n) is 5.79. The van der Waals surface area contributed by atoms with Gasteiger partial charge < -0.3 is 19.5 Å². The number of aliphatic hydroxyl groups excluding tert-OH is 1. The zero-order chi connectivity index (χ0) is 20.1. The fourth-order valence-electron chi connectivity index (χ4n) is 3.94. The maximum absolute atomic E-state index is 12.4. The summed E-state index contributed by atoms with van der Waals surface area (Å²) in [4.78, 5) is 34.9. The number of fused-ring (bicyclic) bond motifs is 3. The van der Waals surface area contributed by atoms with Gasteiger partial charge in [-0.05, 0) is 42.4 Å². The number of ether oxygens (including phenoxy) is 1. The number of phenols is 1. The number of aromatic hydroxyl groups is 1. The van der Waals surface area contributed by atoms with Crippen molar-refractivity contribution < 1.29 is 19.7 Å². The molecule has 146 valence electrons. The summed E-state index contributed by atoms with van der Waals surface area (Å²) in [6.07, 6.45) is 4.07. The number of carbonyl (C=O) groups excluding carboxylic acids is 1. The van der Waals surface area contributed by atoms with Crippen LogP contribution in [0.25, 0.3) is 11.3 Å². The highest BCUT2D eigenvalue weighted by Crippen LogP contribution is 2.57. The Balaban J connectivity index is 1.90. The monoisotopic (exact) mass is 384 g/mol. The van der Waals surface area contributed by atoms with Gasteiger partial charge in [0, 0.05) is 29.0 Å². The van der Waals surface area contributed by atoms with Crippen LogP contribution < -0.4 is 10.2 Å². The van der Waals surface area contributed by atoms with Crippen LogP contribution in [0.5, 0.6) is 11.5 Å². The molecule has 0 saturated heterocycles. The van der Waals surface area contributed by atoms with Crippen LogP contribution >= 0.6 is 0 Å². The molecule has 2 aromatic rings. The van der Waals surface area contributed by atoms with Crippen LogP contribution in [-0.2, 0) is 6.42 Å². The summed E-state index contributed by atoms with van der Waals surface area (Å²) in [6.45, 7) is 2.04. The fourth-order valence-corrected chi connectivity index (χ4v) is 3.94. The summed E-state index contributed by atoms with van der Waals surface area (Å²) in [5, 5.41) is 21.7. The number of aliphatic hydroxyl groups is 1. The molecule has 2 N–H and O–H groups in total. The maximum Gasteiger partial charge on any atom is 0.322 e. The summed E-state index contributed by atoms with van der Waals surface area (Å²) < 4.78 is 7.27. The molecule has 1 fully saturated rings. The summed E-state index contributed by atoms with van der Waals surface area (Å²) in [5.74, 6) is -0.904. The van der Waals surface area contributed by atoms with Crippen LogP contribution in [0.2, 0.25) is 0 Å². The van der Waals surface area contributed by atoms with Gasteiger partial charge in [0.25, 0.3) is 0 Å². The molecule has 1 aliphatic carbocycles. The predicted molar refractivity (Wildman–Crippen MR) is 101 cm³/mol. The minimum atomic E-state index is -1.08. The lowest BCUT2D eigenvalue weighted by molar-refractivity contribution is 0.0998. The second-order valence-electron chi connectivity index (χ2n) is 7.66. The largest absolute Gasteiger partial charge is 0.504 e. The van der Waals surface area contributed by atoms with Crippen LogP contribution in [0.3, 0.4) is 0 Å². The van der Waals surface area contributed by atoms with Crippen molar-refractivity contribution >= 4 is 5.91 Å². The van der Waals surface area contributed by atoms with E-state index in [1.807, 2.05) is 4.57 Å². The lowest BCUT2D eigenvalue weighted by Gasteiger charge is -2.35. The Kier molecular flexibility index (Phi) is 4.30. The Morgan fingerprint density at radius 1 is 1.36 bits per heavy atom. The number of phenolic OH excluding ortho intramolecular Hbond substituents is 1. The van der Waals surface area contributed by atoms with Gasteiger partial charge in [0.15, 0.2) is 16.9 Å². The normalized spacial score (nSPS) is 18.7. The number of benzene rings is 1. The third kappa shape index (κ3) is 2.90. The summed E-state index contributed by atoms with van der Waals surface area (Å²) in [7, 11) is 0. The first kappa shape index (κ1) is 18.4. The van der Waals surface area contributed by atoms with E-state index in [1.54, 1.807) is 6.07 Å². The lowest BCUT2D eigenvalue weighted by Crippen LogP contribution is -2.29. The van der Waals surface area contributed by atoms with Gasteiger partial charge in [0.1, 0.15) is 12.2 Å². The topological polar surface area (TPSA) is 118 Å². The van der Waals surface area contributed by atoms with E-state index in [2.05, 4.69) is 12.1 Å². The molecule has 2 heterocycles. The number of aromatic nitrogens is 1.